The summed E-state index contributed by atoms with van der Waals surface area (Å²) >= 11 is 0. The second-order valence-electron chi connectivity index (χ2n) is 6.61. The van der Waals surface area contributed by atoms with Gasteiger partial charge in [0.1, 0.15) is 0 Å². The third-order valence-electron chi connectivity index (χ3n) is 5.05. The highest BCUT2D eigenvalue weighted by atomic mass is 16.4. The lowest BCUT2D eigenvalue weighted by atomic mass is 9.76. The number of nitrogens with zero attached hydrogens (tertiary/aromatic N) is 1. The molecule has 1 saturated carbocycles. The molecule has 1 saturated heterocycles. The van der Waals surface area contributed by atoms with Crippen LogP contribution in [-0.2, 0) is 9.59 Å². The van der Waals surface area contributed by atoms with Gasteiger partial charge in [-0.05, 0) is 38.0 Å². The maximum absolute atomic E-state index is 12.4. The number of hydrogen-bond donors (Lipinski definition) is 1. The maximum Gasteiger partial charge on any atom is 0.311 e. The van der Waals surface area contributed by atoms with Crippen molar-refractivity contribution in [3.63, 3.8) is 0 Å². The van der Waals surface area contributed by atoms with E-state index in [2.05, 4.69) is 0 Å². The lowest BCUT2D eigenvalue weighted by Crippen LogP contribution is -2.50. The van der Waals surface area contributed by atoms with Crippen molar-refractivity contribution >= 4 is 11.9 Å². The predicted octanol–water partition coefficient (Wildman–Crippen LogP) is 3.06. The first-order valence-corrected chi connectivity index (χ1v) is 8.08. The molecule has 4 nitrogen and oxygen atoms in total. The van der Waals surface area contributed by atoms with E-state index in [9.17, 15) is 14.7 Å². The summed E-state index contributed by atoms with van der Waals surface area (Å²) in [7, 11) is 0. The summed E-state index contributed by atoms with van der Waals surface area (Å²) in [5.41, 5.74) is -0.696. The van der Waals surface area contributed by atoms with Crippen molar-refractivity contribution in [2.45, 2.75) is 64.7 Å². The van der Waals surface area contributed by atoms with Crippen molar-refractivity contribution in [1.82, 2.24) is 4.90 Å². The Hall–Kier alpha value is -1.06. The smallest absolute Gasteiger partial charge is 0.311 e. The summed E-state index contributed by atoms with van der Waals surface area (Å²) in [5.74, 6) is -0.00845. The van der Waals surface area contributed by atoms with Gasteiger partial charge in [0.05, 0.1) is 5.41 Å². The average Bonchev–Trinajstić information content (AvgIpc) is 2.92. The molecule has 4 heteroatoms. The Morgan fingerprint density at radius 1 is 1.25 bits per heavy atom. The Morgan fingerprint density at radius 2 is 1.95 bits per heavy atom. The van der Waals surface area contributed by atoms with E-state index >= 15 is 0 Å². The van der Waals surface area contributed by atoms with Gasteiger partial charge in [-0.3, -0.25) is 9.59 Å². The van der Waals surface area contributed by atoms with Gasteiger partial charge in [0, 0.05) is 19.5 Å². The van der Waals surface area contributed by atoms with E-state index in [1.54, 1.807) is 0 Å². The van der Waals surface area contributed by atoms with Crippen molar-refractivity contribution in [1.29, 1.82) is 0 Å². The van der Waals surface area contributed by atoms with Gasteiger partial charge < -0.3 is 10.0 Å². The summed E-state index contributed by atoms with van der Waals surface area (Å²) in [4.78, 5) is 25.9. The summed E-state index contributed by atoms with van der Waals surface area (Å²) in [5, 5.41) is 9.57. The molecule has 0 radical (unpaired) electrons. The topological polar surface area (TPSA) is 57.6 Å². The first-order valence-electron chi connectivity index (χ1n) is 8.08. The van der Waals surface area contributed by atoms with E-state index < -0.39 is 11.4 Å². The molecule has 20 heavy (non-hydrogen) atoms. The van der Waals surface area contributed by atoms with Crippen molar-refractivity contribution < 1.29 is 14.7 Å². The Bertz CT molecular complexity index is 359. The molecule has 1 heterocycles. The van der Waals surface area contributed by atoms with Gasteiger partial charge in [0.25, 0.3) is 0 Å². The van der Waals surface area contributed by atoms with Crippen LogP contribution in [0.2, 0.25) is 0 Å². The standard InChI is InChI=1S/C16H27NO3/c1-2-8-16(15(19)20)9-5-10-17(12-16)14(18)11-13-6-3-4-7-13/h13H,2-12H2,1H3,(H,19,20). The number of amides is 1. The fourth-order valence-corrected chi connectivity index (χ4v) is 3.90. The molecule has 1 aliphatic heterocycles. The van der Waals surface area contributed by atoms with Crippen molar-refractivity contribution in [3.8, 4) is 0 Å². The van der Waals surface area contributed by atoms with Crippen LogP contribution < -0.4 is 0 Å². The SMILES string of the molecule is CCCC1(C(=O)O)CCCN(C(=O)CC2CCCC2)C1. The second kappa shape index (κ2) is 6.59. The minimum absolute atomic E-state index is 0.179. The van der Waals surface area contributed by atoms with Crippen LogP contribution in [0.1, 0.15) is 64.7 Å². The van der Waals surface area contributed by atoms with Crippen LogP contribution >= 0.6 is 0 Å². The molecule has 1 aliphatic carbocycles. The third kappa shape index (κ3) is 3.33. The van der Waals surface area contributed by atoms with Crippen molar-refractivity contribution in [2.75, 3.05) is 13.1 Å². The molecule has 1 atom stereocenters. The largest absolute Gasteiger partial charge is 0.481 e. The van der Waals surface area contributed by atoms with Gasteiger partial charge in [-0.1, -0.05) is 26.2 Å². The predicted molar refractivity (Wildman–Crippen MR) is 77.4 cm³/mol. The number of carboxylic acid groups (broad SMARTS) is 1. The molecule has 0 aromatic rings. The lowest BCUT2D eigenvalue weighted by Gasteiger charge is -2.40. The number of rotatable bonds is 5. The minimum atomic E-state index is -0.724. The Labute approximate surface area is 121 Å². The fraction of sp³-hybridized carbons (Fsp3) is 0.875. The van der Waals surface area contributed by atoms with E-state index in [1.807, 2.05) is 11.8 Å². The van der Waals surface area contributed by atoms with Crippen molar-refractivity contribution in [3.05, 3.63) is 0 Å². The molecule has 1 amide bonds. The second-order valence-corrected chi connectivity index (χ2v) is 6.61. The molecular weight excluding hydrogens is 254 g/mol. The van der Waals surface area contributed by atoms with Crippen molar-refractivity contribution in [2.24, 2.45) is 11.3 Å². The molecule has 0 spiro atoms. The molecule has 114 valence electrons. The number of likely N-dealkylation sites (tertiary alicyclic amines) is 1. The first-order chi connectivity index (χ1) is 9.57. The molecule has 0 aromatic heterocycles. The normalized spacial score (nSPS) is 27.8. The molecule has 2 aliphatic rings. The number of carbonyl (C=O) groups is 2. The van der Waals surface area contributed by atoms with Gasteiger partial charge in [-0.2, -0.15) is 0 Å². The monoisotopic (exact) mass is 281 g/mol. The zero-order valence-electron chi connectivity index (χ0n) is 12.6. The number of carbonyl (C=O) groups excluding carboxylic acids is 1. The quantitative estimate of drug-likeness (QED) is 0.842. The van der Waals surface area contributed by atoms with Crippen LogP contribution in [-0.4, -0.2) is 35.0 Å². The Balaban J connectivity index is 1.97. The highest BCUT2D eigenvalue weighted by molar-refractivity contribution is 5.80. The van der Waals surface area contributed by atoms with Crippen LogP contribution in [0.5, 0.6) is 0 Å². The molecule has 2 rings (SSSR count). The van der Waals surface area contributed by atoms with Crippen LogP contribution in [0, 0.1) is 11.3 Å². The highest BCUT2D eigenvalue weighted by Gasteiger charge is 2.42. The van der Waals surface area contributed by atoms with E-state index in [0.29, 0.717) is 31.7 Å². The number of aliphatic carboxylic acids is 1. The van der Waals surface area contributed by atoms with E-state index in [1.165, 1.54) is 25.7 Å². The minimum Gasteiger partial charge on any atom is -0.481 e. The average molecular weight is 281 g/mol. The van der Waals surface area contributed by atoms with Gasteiger partial charge >= 0.3 is 5.97 Å². The van der Waals surface area contributed by atoms with Gasteiger partial charge in [-0.25, -0.2) is 0 Å². The summed E-state index contributed by atoms with van der Waals surface area (Å²) in [6, 6.07) is 0. The zero-order valence-corrected chi connectivity index (χ0v) is 12.6. The number of carboxylic acids is 1. The molecule has 1 unspecified atom stereocenters. The van der Waals surface area contributed by atoms with Crippen LogP contribution in [0.4, 0.5) is 0 Å². The van der Waals surface area contributed by atoms with Gasteiger partial charge in [-0.15, -0.1) is 0 Å². The lowest BCUT2D eigenvalue weighted by molar-refractivity contribution is -0.155. The molecule has 2 fully saturated rings. The first kappa shape index (κ1) is 15.3. The number of hydrogen-bond acceptors (Lipinski definition) is 2. The maximum atomic E-state index is 12.4. The highest BCUT2D eigenvalue weighted by Crippen LogP contribution is 2.36. The van der Waals surface area contributed by atoms with Gasteiger partial charge in [0.15, 0.2) is 0 Å². The van der Waals surface area contributed by atoms with Crippen LogP contribution in [0.3, 0.4) is 0 Å². The summed E-state index contributed by atoms with van der Waals surface area (Å²) in [6.07, 6.45) is 8.51. The molecule has 1 N–H and O–H groups in total. The zero-order chi connectivity index (χ0) is 14.6. The molecule has 0 aromatic carbocycles. The Morgan fingerprint density at radius 3 is 2.55 bits per heavy atom. The summed E-state index contributed by atoms with van der Waals surface area (Å²) < 4.78 is 0. The van der Waals surface area contributed by atoms with Gasteiger partial charge in [0.2, 0.25) is 5.91 Å². The van der Waals surface area contributed by atoms with Crippen LogP contribution in [0.15, 0.2) is 0 Å². The molecule has 0 bridgehead atoms. The molecular formula is C16H27NO3. The van der Waals surface area contributed by atoms with E-state index in [4.69, 9.17) is 0 Å². The van der Waals surface area contributed by atoms with Crippen LogP contribution in [0.25, 0.3) is 0 Å². The number of piperidine rings is 1. The van der Waals surface area contributed by atoms with E-state index in [0.717, 1.165) is 19.4 Å². The summed E-state index contributed by atoms with van der Waals surface area (Å²) in [6.45, 7) is 3.18. The van der Waals surface area contributed by atoms with E-state index in [-0.39, 0.29) is 5.91 Å². The fourth-order valence-electron chi connectivity index (χ4n) is 3.90. The third-order valence-corrected chi connectivity index (χ3v) is 5.05. The Kier molecular flexibility index (Phi) is 5.06.